The second-order valence-electron chi connectivity index (χ2n) is 4.45. The number of rotatable bonds is 2. The van der Waals surface area contributed by atoms with Crippen molar-refractivity contribution in [1.82, 2.24) is 0 Å². The molecule has 0 unspecified atom stereocenters. The number of hydrogen-bond acceptors (Lipinski definition) is 2. The fraction of sp³-hybridized carbons (Fsp3) is 0.900. The Morgan fingerprint density at radius 1 is 1.46 bits per heavy atom. The number of carbonyl (C=O) groups is 1. The minimum Gasteiger partial charge on any atom is -0.459 e. The predicted octanol–water partition coefficient (Wildman–Crippen LogP) is 2.22. The SMILES string of the molecule is CC1(C(=O)O[C@@H]2CCC[C@H]2F)CC1. The number of ether oxygens (including phenoxy) is 1. The Hall–Kier alpha value is -0.600. The van der Waals surface area contributed by atoms with Gasteiger partial charge in [-0.3, -0.25) is 4.79 Å². The third-order valence-electron chi connectivity index (χ3n) is 3.12. The monoisotopic (exact) mass is 186 g/mol. The first-order chi connectivity index (χ1) is 6.12. The number of alkyl halides is 1. The molecular formula is C10H15FO2. The molecule has 0 bridgehead atoms. The van der Waals surface area contributed by atoms with Crippen molar-refractivity contribution in [2.45, 2.75) is 51.3 Å². The fourth-order valence-corrected chi connectivity index (χ4v) is 1.68. The van der Waals surface area contributed by atoms with E-state index in [1.165, 1.54) is 0 Å². The minimum atomic E-state index is -0.925. The third-order valence-corrected chi connectivity index (χ3v) is 3.12. The van der Waals surface area contributed by atoms with Crippen molar-refractivity contribution in [3.63, 3.8) is 0 Å². The van der Waals surface area contributed by atoms with Gasteiger partial charge in [-0.25, -0.2) is 4.39 Å². The van der Waals surface area contributed by atoms with Crippen LogP contribution < -0.4 is 0 Å². The van der Waals surface area contributed by atoms with Gasteiger partial charge >= 0.3 is 5.97 Å². The molecule has 0 N–H and O–H groups in total. The first-order valence-electron chi connectivity index (χ1n) is 4.97. The van der Waals surface area contributed by atoms with E-state index in [0.29, 0.717) is 12.8 Å². The zero-order valence-corrected chi connectivity index (χ0v) is 7.88. The molecule has 0 aliphatic heterocycles. The van der Waals surface area contributed by atoms with Gasteiger partial charge in [-0.1, -0.05) is 0 Å². The maximum Gasteiger partial charge on any atom is 0.312 e. The van der Waals surface area contributed by atoms with Gasteiger partial charge in [0, 0.05) is 0 Å². The summed E-state index contributed by atoms with van der Waals surface area (Å²) >= 11 is 0. The molecule has 0 spiro atoms. The van der Waals surface area contributed by atoms with Crippen molar-refractivity contribution in [2.24, 2.45) is 5.41 Å². The van der Waals surface area contributed by atoms with Gasteiger partial charge in [0.1, 0.15) is 12.3 Å². The van der Waals surface area contributed by atoms with Crippen LogP contribution in [0.1, 0.15) is 39.0 Å². The van der Waals surface area contributed by atoms with Gasteiger partial charge in [-0.15, -0.1) is 0 Å². The van der Waals surface area contributed by atoms with E-state index in [4.69, 9.17) is 4.74 Å². The minimum absolute atomic E-state index is 0.193. The van der Waals surface area contributed by atoms with Crippen LogP contribution in [-0.4, -0.2) is 18.2 Å². The molecule has 2 nitrogen and oxygen atoms in total. The molecule has 0 radical (unpaired) electrons. The second-order valence-corrected chi connectivity index (χ2v) is 4.45. The molecule has 2 aliphatic rings. The summed E-state index contributed by atoms with van der Waals surface area (Å²) < 4.78 is 18.2. The standard InChI is InChI=1S/C10H15FO2/c1-10(5-6-10)9(12)13-8-4-2-3-7(8)11/h7-8H,2-6H2,1H3/t7-,8-/m1/s1. The molecule has 13 heavy (non-hydrogen) atoms. The van der Waals surface area contributed by atoms with E-state index in [2.05, 4.69) is 0 Å². The normalized spacial score (nSPS) is 35.8. The number of halogens is 1. The highest BCUT2D eigenvalue weighted by Gasteiger charge is 2.48. The van der Waals surface area contributed by atoms with E-state index < -0.39 is 12.3 Å². The van der Waals surface area contributed by atoms with Crippen LogP contribution >= 0.6 is 0 Å². The van der Waals surface area contributed by atoms with Gasteiger partial charge in [-0.05, 0) is 39.0 Å². The smallest absolute Gasteiger partial charge is 0.312 e. The van der Waals surface area contributed by atoms with Gasteiger partial charge in [0.2, 0.25) is 0 Å². The van der Waals surface area contributed by atoms with Crippen molar-refractivity contribution in [3.05, 3.63) is 0 Å². The highest BCUT2D eigenvalue weighted by Crippen LogP contribution is 2.46. The average molecular weight is 186 g/mol. The predicted molar refractivity (Wildman–Crippen MR) is 46.0 cm³/mol. The van der Waals surface area contributed by atoms with Gasteiger partial charge in [0.05, 0.1) is 5.41 Å². The van der Waals surface area contributed by atoms with Crippen LogP contribution in [0.2, 0.25) is 0 Å². The first-order valence-corrected chi connectivity index (χ1v) is 4.97. The molecule has 0 saturated heterocycles. The van der Waals surface area contributed by atoms with Crippen LogP contribution in [0.4, 0.5) is 4.39 Å². The summed E-state index contributed by atoms with van der Waals surface area (Å²) in [5, 5.41) is 0. The fourth-order valence-electron chi connectivity index (χ4n) is 1.68. The topological polar surface area (TPSA) is 26.3 Å². The van der Waals surface area contributed by atoms with E-state index in [0.717, 1.165) is 19.3 Å². The number of hydrogen-bond donors (Lipinski definition) is 0. The van der Waals surface area contributed by atoms with Crippen molar-refractivity contribution >= 4 is 5.97 Å². The third kappa shape index (κ3) is 1.69. The summed E-state index contributed by atoms with van der Waals surface area (Å²) in [6.45, 7) is 1.89. The maximum atomic E-state index is 13.1. The van der Waals surface area contributed by atoms with Gasteiger partial charge in [0.15, 0.2) is 0 Å². The van der Waals surface area contributed by atoms with Crippen molar-refractivity contribution in [2.75, 3.05) is 0 Å². The van der Waals surface area contributed by atoms with Crippen molar-refractivity contribution in [1.29, 1.82) is 0 Å². The van der Waals surface area contributed by atoms with Gasteiger partial charge in [0.25, 0.3) is 0 Å². The second kappa shape index (κ2) is 2.96. The van der Waals surface area contributed by atoms with Crippen LogP contribution in [-0.2, 0) is 9.53 Å². The van der Waals surface area contributed by atoms with Crippen LogP contribution in [0.15, 0.2) is 0 Å². The summed E-state index contributed by atoms with van der Waals surface area (Å²) in [7, 11) is 0. The summed E-state index contributed by atoms with van der Waals surface area (Å²) in [4.78, 5) is 11.4. The summed E-state index contributed by atoms with van der Waals surface area (Å²) in [6, 6.07) is 0. The Balaban J connectivity index is 1.87. The lowest BCUT2D eigenvalue weighted by molar-refractivity contribution is -0.157. The van der Waals surface area contributed by atoms with Crippen LogP contribution in [0, 0.1) is 5.41 Å². The van der Waals surface area contributed by atoms with E-state index >= 15 is 0 Å². The van der Waals surface area contributed by atoms with Gasteiger partial charge < -0.3 is 4.74 Å². The zero-order chi connectivity index (χ0) is 9.47. The number of carbonyl (C=O) groups excluding carboxylic acids is 1. The molecule has 0 amide bonds. The Kier molecular flexibility index (Phi) is 2.05. The molecule has 2 rings (SSSR count). The quantitative estimate of drug-likeness (QED) is 0.618. The van der Waals surface area contributed by atoms with E-state index in [1.54, 1.807) is 0 Å². The number of esters is 1. The molecule has 2 atom stereocenters. The molecular weight excluding hydrogens is 171 g/mol. The summed E-state index contributed by atoms with van der Waals surface area (Å²) in [5.74, 6) is -0.193. The highest BCUT2D eigenvalue weighted by atomic mass is 19.1. The average Bonchev–Trinajstić information content (AvgIpc) is 2.72. The van der Waals surface area contributed by atoms with Crippen LogP contribution in [0.25, 0.3) is 0 Å². The van der Waals surface area contributed by atoms with Crippen LogP contribution in [0.3, 0.4) is 0 Å². The molecule has 0 aromatic rings. The maximum absolute atomic E-state index is 13.1. The Morgan fingerprint density at radius 2 is 2.15 bits per heavy atom. The molecule has 3 heteroatoms. The van der Waals surface area contributed by atoms with Crippen LogP contribution in [0.5, 0.6) is 0 Å². The summed E-state index contributed by atoms with van der Waals surface area (Å²) in [6.07, 6.45) is 2.51. The summed E-state index contributed by atoms with van der Waals surface area (Å²) in [5.41, 5.74) is -0.275. The van der Waals surface area contributed by atoms with E-state index in [9.17, 15) is 9.18 Å². The highest BCUT2D eigenvalue weighted by molar-refractivity contribution is 5.79. The Labute approximate surface area is 77.5 Å². The lowest BCUT2D eigenvalue weighted by atomic mass is 10.1. The largest absolute Gasteiger partial charge is 0.459 e. The molecule has 0 aromatic carbocycles. The molecule has 2 fully saturated rings. The van der Waals surface area contributed by atoms with Gasteiger partial charge in [-0.2, -0.15) is 0 Å². The Bertz CT molecular complexity index is 223. The lowest BCUT2D eigenvalue weighted by Gasteiger charge is -2.16. The first kappa shape index (κ1) is 8.97. The van der Waals surface area contributed by atoms with E-state index in [-0.39, 0.29) is 11.4 Å². The zero-order valence-electron chi connectivity index (χ0n) is 7.88. The van der Waals surface area contributed by atoms with Crippen molar-refractivity contribution in [3.8, 4) is 0 Å². The molecule has 0 aromatic heterocycles. The molecule has 0 heterocycles. The molecule has 2 aliphatic carbocycles. The lowest BCUT2D eigenvalue weighted by Crippen LogP contribution is -2.27. The van der Waals surface area contributed by atoms with Crippen molar-refractivity contribution < 1.29 is 13.9 Å². The molecule has 2 saturated carbocycles. The molecule has 74 valence electrons. The van der Waals surface area contributed by atoms with E-state index in [1.807, 2.05) is 6.92 Å². The Morgan fingerprint density at radius 3 is 2.62 bits per heavy atom.